The van der Waals surface area contributed by atoms with Crippen molar-refractivity contribution >= 4 is 17.3 Å². The van der Waals surface area contributed by atoms with Crippen LogP contribution >= 0.6 is 11.8 Å². The van der Waals surface area contributed by atoms with Gasteiger partial charge in [-0.1, -0.05) is 71.4 Å². The molecule has 0 amide bonds. The van der Waals surface area contributed by atoms with Gasteiger partial charge in [0.15, 0.2) is 0 Å². The summed E-state index contributed by atoms with van der Waals surface area (Å²) in [5, 5.41) is 0. The highest BCUT2D eigenvalue weighted by Gasteiger charge is 2.18. The van der Waals surface area contributed by atoms with E-state index in [0.717, 1.165) is 12.8 Å². The first-order valence-corrected chi connectivity index (χ1v) is 8.21. The molecule has 0 N–H and O–H groups in total. The van der Waals surface area contributed by atoms with Crippen LogP contribution in [0.15, 0.2) is 81.6 Å². The zero-order valence-electron chi connectivity index (χ0n) is 12.6. The molecule has 2 aromatic carbocycles. The fourth-order valence-electron chi connectivity index (χ4n) is 2.64. The van der Waals surface area contributed by atoms with Gasteiger partial charge in [-0.2, -0.15) is 0 Å². The van der Waals surface area contributed by atoms with E-state index in [1.807, 2.05) is 11.8 Å². The molecule has 1 aliphatic carbocycles. The van der Waals surface area contributed by atoms with Crippen LogP contribution in [0, 0.1) is 0 Å². The van der Waals surface area contributed by atoms with Crippen LogP contribution in [0.2, 0.25) is 0 Å². The minimum absolute atomic E-state index is 1.07. The molecule has 0 nitrogen and oxygen atoms in total. The lowest BCUT2D eigenvalue weighted by Gasteiger charge is -2.23. The van der Waals surface area contributed by atoms with Gasteiger partial charge in [-0.05, 0) is 54.9 Å². The van der Waals surface area contributed by atoms with Crippen molar-refractivity contribution in [2.75, 3.05) is 0 Å². The van der Waals surface area contributed by atoms with E-state index in [9.17, 15) is 0 Å². The summed E-state index contributed by atoms with van der Waals surface area (Å²) in [5.41, 5.74) is 5.90. The quantitative estimate of drug-likeness (QED) is 0.596. The van der Waals surface area contributed by atoms with Crippen LogP contribution in [0.25, 0.3) is 5.57 Å². The Morgan fingerprint density at radius 3 is 1.95 bits per heavy atom. The maximum absolute atomic E-state index is 2.27. The number of rotatable bonds is 3. The van der Waals surface area contributed by atoms with Crippen LogP contribution in [0.3, 0.4) is 0 Å². The van der Waals surface area contributed by atoms with Crippen molar-refractivity contribution in [3.05, 3.63) is 82.3 Å². The molecule has 0 unspecified atom stereocenters. The molecule has 3 rings (SSSR count). The fraction of sp³-hybridized carbons (Fsp3) is 0.200. The van der Waals surface area contributed by atoms with E-state index in [0.29, 0.717) is 0 Å². The third-order valence-corrected chi connectivity index (χ3v) is 5.18. The first-order valence-electron chi connectivity index (χ1n) is 7.39. The molecular weight excluding hydrogens is 272 g/mol. The molecule has 1 aliphatic rings. The van der Waals surface area contributed by atoms with Gasteiger partial charge in [0.05, 0.1) is 0 Å². The Bertz CT molecular complexity index is 678. The maximum Gasteiger partial charge on any atom is 0.0119 e. The zero-order valence-corrected chi connectivity index (χ0v) is 13.4. The van der Waals surface area contributed by atoms with Crippen molar-refractivity contribution < 1.29 is 0 Å². The van der Waals surface area contributed by atoms with Gasteiger partial charge in [0, 0.05) is 4.90 Å². The lowest BCUT2D eigenvalue weighted by molar-refractivity contribution is 1.03. The summed E-state index contributed by atoms with van der Waals surface area (Å²) in [4.78, 5) is 2.82. The third kappa shape index (κ3) is 3.30. The molecule has 0 saturated heterocycles. The van der Waals surface area contributed by atoms with E-state index in [2.05, 4.69) is 74.5 Å². The summed E-state index contributed by atoms with van der Waals surface area (Å²) in [6, 6.07) is 21.5. The number of benzene rings is 2. The van der Waals surface area contributed by atoms with Crippen LogP contribution in [0.1, 0.15) is 32.3 Å². The van der Waals surface area contributed by atoms with Crippen LogP contribution in [0.5, 0.6) is 0 Å². The number of hydrogen-bond donors (Lipinski definition) is 0. The molecule has 0 bridgehead atoms. The lowest BCUT2D eigenvalue weighted by Crippen LogP contribution is -2.00. The van der Waals surface area contributed by atoms with Crippen molar-refractivity contribution in [3.63, 3.8) is 0 Å². The molecule has 1 heteroatoms. The molecule has 0 saturated carbocycles. The molecule has 0 aromatic heterocycles. The summed E-state index contributed by atoms with van der Waals surface area (Å²) in [7, 11) is 0. The van der Waals surface area contributed by atoms with Crippen LogP contribution in [-0.2, 0) is 0 Å². The van der Waals surface area contributed by atoms with Gasteiger partial charge in [0.25, 0.3) is 0 Å². The Balaban J connectivity index is 1.98. The van der Waals surface area contributed by atoms with E-state index in [-0.39, 0.29) is 0 Å². The monoisotopic (exact) mass is 292 g/mol. The first-order chi connectivity index (χ1) is 10.2. The highest BCUT2D eigenvalue weighted by atomic mass is 32.2. The second-order valence-electron chi connectivity index (χ2n) is 5.60. The second-order valence-corrected chi connectivity index (χ2v) is 6.77. The fourth-order valence-corrected chi connectivity index (χ4v) is 3.82. The molecule has 2 aromatic rings. The van der Waals surface area contributed by atoms with Gasteiger partial charge in [0.2, 0.25) is 0 Å². The number of hydrogen-bond acceptors (Lipinski definition) is 1. The second kappa shape index (κ2) is 6.36. The van der Waals surface area contributed by atoms with E-state index in [4.69, 9.17) is 0 Å². The summed E-state index contributed by atoms with van der Waals surface area (Å²) in [5.74, 6) is 0. The lowest BCUT2D eigenvalue weighted by atomic mass is 9.89. The highest BCUT2D eigenvalue weighted by molar-refractivity contribution is 8.03. The minimum Gasteiger partial charge on any atom is -0.0939 e. The molecule has 0 aliphatic heterocycles. The van der Waals surface area contributed by atoms with E-state index in [1.165, 1.54) is 32.1 Å². The third-order valence-electron chi connectivity index (χ3n) is 4.04. The predicted molar refractivity (Wildman–Crippen MR) is 93.3 cm³/mol. The van der Waals surface area contributed by atoms with Gasteiger partial charge in [-0.3, -0.25) is 0 Å². The molecule has 106 valence electrons. The zero-order chi connectivity index (χ0) is 14.7. The summed E-state index contributed by atoms with van der Waals surface area (Å²) >= 11 is 1.92. The van der Waals surface area contributed by atoms with Crippen molar-refractivity contribution in [2.24, 2.45) is 0 Å². The molecular formula is C20H20S. The van der Waals surface area contributed by atoms with Crippen molar-refractivity contribution in [1.82, 2.24) is 0 Å². The van der Waals surface area contributed by atoms with E-state index >= 15 is 0 Å². The highest BCUT2D eigenvalue weighted by Crippen LogP contribution is 2.43. The van der Waals surface area contributed by atoms with E-state index < -0.39 is 0 Å². The largest absolute Gasteiger partial charge is 0.0939 e. The molecule has 21 heavy (non-hydrogen) atoms. The average Bonchev–Trinajstić information content (AvgIpc) is 2.52. The Morgan fingerprint density at radius 2 is 1.29 bits per heavy atom. The Kier molecular flexibility index (Phi) is 4.31. The average molecular weight is 292 g/mol. The standard InChI is InChI=1S/C20H20S/c1-15-13-19(17-9-5-3-6-10-17)20(14-16(15)2)21-18-11-7-4-8-12-18/h3-12H,13-14H2,1-2H3. The van der Waals surface area contributed by atoms with Crippen LogP contribution in [-0.4, -0.2) is 0 Å². The summed E-state index contributed by atoms with van der Waals surface area (Å²) in [6.45, 7) is 4.53. The smallest absolute Gasteiger partial charge is 0.0119 e. The Labute approximate surface area is 131 Å². The molecule has 0 fully saturated rings. The summed E-state index contributed by atoms with van der Waals surface area (Å²) in [6.07, 6.45) is 2.15. The first kappa shape index (κ1) is 14.2. The number of allylic oxidation sites excluding steroid dienone is 4. The van der Waals surface area contributed by atoms with Gasteiger partial charge in [0.1, 0.15) is 0 Å². The van der Waals surface area contributed by atoms with E-state index in [1.54, 1.807) is 0 Å². The summed E-state index contributed by atoms with van der Waals surface area (Å²) < 4.78 is 0. The minimum atomic E-state index is 1.07. The van der Waals surface area contributed by atoms with Gasteiger partial charge in [-0.15, -0.1) is 0 Å². The molecule has 0 radical (unpaired) electrons. The van der Waals surface area contributed by atoms with Crippen molar-refractivity contribution in [3.8, 4) is 0 Å². The van der Waals surface area contributed by atoms with Crippen molar-refractivity contribution in [2.45, 2.75) is 31.6 Å². The Hall–Kier alpha value is -1.73. The van der Waals surface area contributed by atoms with Crippen molar-refractivity contribution in [1.29, 1.82) is 0 Å². The predicted octanol–water partition coefficient (Wildman–Crippen LogP) is 6.32. The normalized spacial score (nSPS) is 15.5. The topological polar surface area (TPSA) is 0 Å². The maximum atomic E-state index is 2.27. The molecule has 0 spiro atoms. The number of thioether (sulfide) groups is 1. The SMILES string of the molecule is CC1=C(C)CC(c2ccccc2)=C(Sc2ccccc2)C1. The van der Waals surface area contributed by atoms with Crippen LogP contribution < -0.4 is 0 Å². The van der Waals surface area contributed by atoms with Gasteiger partial charge < -0.3 is 0 Å². The van der Waals surface area contributed by atoms with Gasteiger partial charge in [-0.25, -0.2) is 0 Å². The molecule has 0 atom stereocenters. The van der Waals surface area contributed by atoms with Gasteiger partial charge >= 0.3 is 0 Å². The van der Waals surface area contributed by atoms with Crippen LogP contribution in [0.4, 0.5) is 0 Å². The Morgan fingerprint density at radius 1 is 0.714 bits per heavy atom. The molecule has 0 heterocycles.